The summed E-state index contributed by atoms with van der Waals surface area (Å²) >= 11 is 0. The molecule has 0 bridgehead atoms. The minimum absolute atomic E-state index is 0.112. The first-order valence-corrected chi connectivity index (χ1v) is 4.98. The molecule has 1 aromatic rings. The Kier molecular flexibility index (Phi) is 4.61. The highest BCUT2D eigenvalue weighted by Crippen LogP contribution is 2.17. The zero-order valence-corrected chi connectivity index (χ0v) is 9.26. The van der Waals surface area contributed by atoms with Crippen molar-refractivity contribution in [2.45, 2.75) is 13.0 Å². The average Bonchev–Trinajstić information content (AvgIpc) is 2.31. The molecule has 5 heteroatoms. The molecule has 0 heterocycles. The van der Waals surface area contributed by atoms with Gasteiger partial charge in [0, 0.05) is 0 Å². The summed E-state index contributed by atoms with van der Waals surface area (Å²) in [5.74, 6) is 0.176. The second-order valence-corrected chi connectivity index (χ2v) is 3.41. The number of hydrogen-bond donors (Lipinski definition) is 2. The number of nitrogens with one attached hydrogen (secondary N) is 2. The van der Waals surface area contributed by atoms with Crippen LogP contribution in [0.4, 0.5) is 14.5 Å². The Morgan fingerprint density at radius 2 is 2.06 bits per heavy atom. The molecule has 2 N–H and O–H groups in total. The van der Waals surface area contributed by atoms with Crippen LogP contribution in [0.3, 0.4) is 0 Å². The van der Waals surface area contributed by atoms with Gasteiger partial charge in [0.15, 0.2) is 0 Å². The van der Waals surface area contributed by atoms with Crippen LogP contribution in [0.25, 0.3) is 0 Å². The second kappa shape index (κ2) is 5.97. The van der Waals surface area contributed by atoms with Gasteiger partial charge in [-0.25, -0.2) is 8.78 Å². The third-order valence-corrected chi connectivity index (χ3v) is 2.05. The summed E-state index contributed by atoms with van der Waals surface area (Å²) in [6, 6.07) is 3.07. The summed E-state index contributed by atoms with van der Waals surface area (Å²) in [6.07, 6.45) is 5.09. The third kappa shape index (κ3) is 3.85. The molecule has 0 saturated carbocycles. The third-order valence-electron chi connectivity index (χ3n) is 2.05. The Hall–Kier alpha value is -1.93. The first kappa shape index (κ1) is 13.1. The predicted molar refractivity (Wildman–Crippen MR) is 61.3 cm³/mol. The Labute approximate surface area is 98.2 Å². The summed E-state index contributed by atoms with van der Waals surface area (Å²) in [5.41, 5.74) is -0.451. The van der Waals surface area contributed by atoms with E-state index in [4.69, 9.17) is 6.42 Å². The van der Waals surface area contributed by atoms with Gasteiger partial charge in [-0.2, -0.15) is 0 Å². The number of halogens is 2. The Morgan fingerprint density at radius 1 is 1.47 bits per heavy atom. The number of hydrogen-bond acceptors (Lipinski definition) is 2. The lowest BCUT2D eigenvalue weighted by molar-refractivity contribution is -0.115. The van der Waals surface area contributed by atoms with Gasteiger partial charge < -0.3 is 5.32 Å². The molecule has 0 aliphatic carbocycles. The topological polar surface area (TPSA) is 41.1 Å². The van der Waals surface area contributed by atoms with Crippen LogP contribution < -0.4 is 10.6 Å². The highest BCUT2D eigenvalue weighted by molar-refractivity contribution is 5.92. The van der Waals surface area contributed by atoms with E-state index in [1.165, 1.54) is 6.07 Å². The lowest BCUT2D eigenvalue weighted by Crippen LogP contribution is -2.33. The summed E-state index contributed by atoms with van der Waals surface area (Å²) in [5, 5.41) is 4.84. The molecule has 1 amide bonds. The van der Waals surface area contributed by atoms with Crippen molar-refractivity contribution in [2.24, 2.45) is 0 Å². The highest BCUT2D eigenvalue weighted by Gasteiger charge is 2.11. The van der Waals surface area contributed by atoms with Gasteiger partial charge in [0.25, 0.3) is 0 Å². The fourth-order valence-corrected chi connectivity index (χ4v) is 1.11. The van der Waals surface area contributed by atoms with E-state index < -0.39 is 23.2 Å². The number of amides is 1. The first-order chi connectivity index (χ1) is 8.04. The fourth-order valence-electron chi connectivity index (χ4n) is 1.11. The monoisotopic (exact) mass is 238 g/mol. The molecule has 0 aliphatic rings. The van der Waals surface area contributed by atoms with Crippen LogP contribution in [0, 0.1) is 24.0 Å². The lowest BCUT2D eigenvalue weighted by Gasteiger charge is -2.09. The van der Waals surface area contributed by atoms with Crippen molar-refractivity contribution in [3.05, 3.63) is 29.8 Å². The lowest BCUT2D eigenvalue weighted by atomic mass is 10.3. The van der Waals surface area contributed by atoms with Crippen LogP contribution >= 0.6 is 0 Å². The Morgan fingerprint density at radius 3 is 2.59 bits per heavy atom. The van der Waals surface area contributed by atoms with Crippen molar-refractivity contribution in [2.75, 3.05) is 11.9 Å². The van der Waals surface area contributed by atoms with Gasteiger partial charge in [-0.15, -0.1) is 6.42 Å². The zero-order chi connectivity index (χ0) is 12.8. The SMILES string of the molecule is C#CC(C)NCC(=O)Nc1c(F)cccc1F. The van der Waals surface area contributed by atoms with Crippen LogP contribution in [0.2, 0.25) is 0 Å². The molecule has 1 rings (SSSR count). The summed E-state index contributed by atoms with van der Waals surface area (Å²) < 4.78 is 26.3. The smallest absolute Gasteiger partial charge is 0.238 e. The van der Waals surface area contributed by atoms with Gasteiger partial charge in [0.1, 0.15) is 17.3 Å². The van der Waals surface area contributed by atoms with E-state index in [0.29, 0.717) is 0 Å². The molecule has 0 fully saturated rings. The maximum Gasteiger partial charge on any atom is 0.238 e. The molecule has 1 atom stereocenters. The van der Waals surface area contributed by atoms with E-state index in [2.05, 4.69) is 16.6 Å². The van der Waals surface area contributed by atoms with Crippen molar-refractivity contribution in [1.82, 2.24) is 5.32 Å². The van der Waals surface area contributed by atoms with E-state index in [1.807, 2.05) is 0 Å². The number of carbonyl (C=O) groups is 1. The van der Waals surface area contributed by atoms with Crippen molar-refractivity contribution in [3.8, 4) is 12.3 Å². The number of benzene rings is 1. The largest absolute Gasteiger partial charge is 0.320 e. The molecule has 1 unspecified atom stereocenters. The van der Waals surface area contributed by atoms with Crippen molar-refractivity contribution in [1.29, 1.82) is 0 Å². The van der Waals surface area contributed by atoms with E-state index in [9.17, 15) is 13.6 Å². The maximum absolute atomic E-state index is 13.2. The number of carbonyl (C=O) groups excluding carboxylic acids is 1. The van der Waals surface area contributed by atoms with Crippen molar-refractivity contribution >= 4 is 11.6 Å². The molecule has 17 heavy (non-hydrogen) atoms. The summed E-state index contributed by atoms with van der Waals surface area (Å²) in [6.45, 7) is 1.58. The van der Waals surface area contributed by atoms with E-state index in [1.54, 1.807) is 6.92 Å². The van der Waals surface area contributed by atoms with Crippen molar-refractivity contribution < 1.29 is 13.6 Å². The standard InChI is InChI=1S/C12H12F2N2O/c1-3-8(2)15-7-11(17)16-12-9(13)5-4-6-10(12)14/h1,4-6,8,15H,7H2,2H3,(H,16,17). The van der Waals surface area contributed by atoms with Gasteiger partial charge in [0.05, 0.1) is 12.6 Å². The maximum atomic E-state index is 13.2. The van der Waals surface area contributed by atoms with Crippen molar-refractivity contribution in [3.63, 3.8) is 0 Å². The number of anilines is 1. The fraction of sp³-hybridized carbons (Fsp3) is 0.250. The summed E-state index contributed by atoms with van der Waals surface area (Å²) in [7, 11) is 0. The molecule has 0 aliphatic heterocycles. The minimum atomic E-state index is -0.816. The Bertz CT molecular complexity index is 434. The van der Waals surface area contributed by atoms with E-state index >= 15 is 0 Å². The van der Waals surface area contributed by atoms with Crippen LogP contribution in [-0.4, -0.2) is 18.5 Å². The predicted octanol–water partition coefficient (Wildman–Crippen LogP) is 1.51. The normalized spacial score (nSPS) is 11.6. The number of para-hydroxylation sites is 1. The molecule has 1 aromatic carbocycles. The summed E-state index contributed by atoms with van der Waals surface area (Å²) in [4.78, 5) is 11.4. The van der Waals surface area contributed by atoms with Gasteiger partial charge in [0.2, 0.25) is 5.91 Å². The molecule has 3 nitrogen and oxygen atoms in total. The van der Waals surface area contributed by atoms with E-state index in [-0.39, 0.29) is 12.6 Å². The highest BCUT2D eigenvalue weighted by atomic mass is 19.1. The van der Waals surface area contributed by atoms with Crippen LogP contribution in [-0.2, 0) is 4.79 Å². The quantitative estimate of drug-likeness (QED) is 0.781. The molecular formula is C12H12F2N2O. The molecule has 0 aromatic heterocycles. The van der Waals surface area contributed by atoms with Crippen LogP contribution in [0.5, 0.6) is 0 Å². The molecule has 0 saturated heterocycles. The molecule has 90 valence electrons. The van der Waals surface area contributed by atoms with Gasteiger partial charge in [-0.05, 0) is 19.1 Å². The van der Waals surface area contributed by atoms with Crippen LogP contribution in [0.15, 0.2) is 18.2 Å². The molecule has 0 spiro atoms. The number of terminal acetylenes is 1. The molecular weight excluding hydrogens is 226 g/mol. The van der Waals surface area contributed by atoms with Gasteiger partial charge in [-0.1, -0.05) is 12.0 Å². The minimum Gasteiger partial charge on any atom is -0.320 e. The average molecular weight is 238 g/mol. The molecule has 0 radical (unpaired) electrons. The van der Waals surface area contributed by atoms with E-state index in [0.717, 1.165) is 12.1 Å². The second-order valence-electron chi connectivity index (χ2n) is 3.41. The Balaban J connectivity index is 2.60. The van der Waals surface area contributed by atoms with Gasteiger partial charge in [-0.3, -0.25) is 10.1 Å². The number of rotatable bonds is 4. The van der Waals surface area contributed by atoms with Crippen LogP contribution in [0.1, 0.15) is 6.92 Å². The van der Waals surface area contributed by atoms with Gasteiger partial charge >= 0.3 is 0 Å². The first-order valence-electron chi connectivity index (χ1n) is 4.98. The zero-order valence-electron chi connectivity index (χ0n) is 9.26.